The van der Waals surface area contributed by atoms with E-state index >= 15 is 0 Å². The zero-order chi connectivity index (χ0) is 11.4. The summed E-state index contributed by atoms with van der Waals surface area (Å²) in [5.41, 5.74) is 0. The van der Waals surface area contributed by atoms with Crippen molar-refractivity contribution in [2.24, 2.45) is 0 Å². The van der Waals surface area contributed by atoms with Crippen LogP contribution in [0.25, 0.3) is 0 Å². The molecule has 1 aliphatic heterocycles. The van der Waals surface area contributed by atoms with Crippen LogP contribution in [-0.4, -0.2) is 23.7 Å². The molecular weight excluding hydrogens is 220 g/mol. The number of aromatic nitrogens is 1. The molecule has 0 aromatic carbocycles. The molecule has 0 aliphatic carbocycles. The largest absolute Gasteiger partial charge is 0.378 e. The lowest BCUT2D eigenvalue weighted by Gasteiger charge is -2.29. The van der Waals surface area contributed by atoms with Crippen LogP contribution >= 0.6 is 11.3 Å². The maximum atomic E-state index is 5.66. The van der Waals surface area contributed by atoms with Crippen LogP contribution in [0.4, 0.5) is 0 Å². The Hall–Kier alpha value is -0.450. The van der Waals surface area contributed by atoms with Gasteiger partial charge < -0.3 is 10.1 Å². The van der Waals surface area contributed by atoms with Gasteiger partial charge >= 0.3 is 0 Å². The van der Waals surface area contributed by atoms with Gasteiger partial charge in [0.15, 0.2) is 0 Å². The highest BCUT2D eigenvalue weighted by Gasteiger charge is 2.20. The summed E-state index contributed by atoms with van der Waals surface area (Å²) in [4.78, 5) is 5.65. The Morgan fingerprint density at radius 3 is 3.19 bits per heavy atom. The van der Waals surface area contributed by atoms with E-state index in [-0.39, 0.29) is 0 Å². The zero-order valence-electron chi connectivity index (χ0n) is 10.0. The van der Waals surface area contributed by atoms with Crippen molar-refractivity contribution in [3.8, 4) is 0 Å². The molecule has 2 atom stereocenters. The van der Waals surface area contributed by atoms with Crippen LogP contribution in [0, 0.1) is 6.92 Å². The highest BCUT2D eigenvalue weighted by Crippen LogP contribution is 2.17. The summed E-state index contributed by atoms with van der Waals surface area (Å²) >= 11 is 1.78. The molecule has 2 unspecified atom stereocenters. The summed E-state index contributed by atoms with van der Waals surface area (Å²) in [5.74, 6) is 0. The van der Waals surface area contributed by atoms with Gasteiger partial charge in [-0.15, -0.1) is 11.3 Å². The molecule has 16 heavy (non-hydrogen) atoms. The number of thiazole rings is 1. The van der Waals surface area contributed by atoms with Gasteiger partial charge in [-0.25, -0.2) is 4.98 Å². The maximum Gasteiger partial charge on any atom is 0.107 e. The maximum absolute atomic E-state index is 5.66. The number of hydrogen-bond donors (Lipinski definition) is 1. The van der Waals surface area contributed by atoms with Crippen molar-refractivity contribution in [1.29, 1.82) is 0 Å². The molecule has 1 aromatic heterocycles. The van der Waals surface area contributed by atoms with E-state index in [1.807, 2.05) is 6.20 Å². The second kappa shape index (κ2) is 5.75. The molecule has 1 aliphatic rings. The molecule has 0 saturated carbocycles. The lowest BCUT2D eigenvalue weighted by molar-refractivity contribution is -0.000320. The molecule has 1 fully saturated rings. The topological polar surface area (TPSA) is 34.2 Å². The van der Waals surface area contributed by atoms with Gasteiger partial charge in [-0.2, -0.15) is 0 Å². The first-order chi connectivity index (χ1) is 7.78. The van der Waals surface area contributed by atoms with E-state index in [0.717, 1.165) is 32.4 Å². The van der Waals surface area contributed by atoms with E-state index < -0.39 is 0 Å². The van der Waals surface area contributed by atoms with E-state index in [1.54, 1.807) is 11.3 Å². The second-order valence-electron chi connectivity index (χ2n) is 4.37. The van der Waals surface area contributed by atoms with Crippen LogP contribution < -0.4 is 5.32 Å². The van der Waals surface area contributed by atoms with Gasteiger partial charge in [0.05, 0.1) is 6.10 Å². The summed E-state index contributed by atoms with van der Waals surface area (Å²) in [6.07, 6.45) is 5.78. The van der Waals surface area contributed by atoms with Gasteiger partial charge in [-0.1, -0.05) is 6.92 Å². The second-order valence-corrected chi connectivity index (χ2v) is 5.69. The van der Waals surface area contributed by atoms with E-state index in [2.05, 4.69) is 24.1 Å². The highest BCUT2D eigenvalue weighted by molar-refractivity contribution is 7.11. The van der Waals surface area contributed by atoms with Crippen molar-refractivity contribution < 1.29 is 4.74 Å². The van der Waals surface area contributed by atoms with Gasteiger partial charge in [-0.05, 0) is 26.2 Å². The first kappa shape index (κ1) is 12.0. The zero-order valence-corrected chi connectivity index (χ0v) is 10.8. The molecule has 0 bridgehead atoms. The van der Waals surface area contributed by atoms with E-state index in [4.69, 9.17) is 4.74 Å². The molecule has 0 amide bonds. The number of ether oxygens (including phenoxy) is 1. The highest BCUT2D eigenvalue weighted by atomic mass is 32.1. The van der Waals surface area contributed by atoms with Crippen molar-refractivity contribution in [1.82, 2.24) is 10.3 Å². The Balaban J connectivity index is 1.77. The Kier molecular flexibility index (Phi) is 4.32. The first-order valence-corrected chi connectivity index (χ1v) is 6.86. The molecule has 4 heteroatoms. The summed E-state index contributed by atoms with van der Waals surface area (Å²) in [5, 5.41) is 4.78. The van der Waals surface area contributed by atoms with Gasteiger partial charge in [0.2, 0.25) is 0 Å². The van der Waals surface area contributed by atoms with E-state index in [0.29, 0.717) is 12.1 Å². The minimum Gasteiger partial charge on any atom is -0.378 e. The molecule has 2 rings (SSSR count). The number of aryl methyl sites for hydroxylation is 1. The monoisotopic (exact) mass is 240 g/mol. The average molecular weight is 240 g/mol. The minimum atomic E-state index is 0.448. The van der Waals surface area contributed by atoms with Gasteiger partial charge in [0.25, 0.3) is 0 Å². The summed E-state index contributed by atoms with van der Waals surface area (Å²) in [7, 11) is 0. The third-order valence-electron chi connectivity index (χ3n) is 3.03. The third kappa shape index (κ3) is 3.27. The normalized spacial score (nSPS) is 25.9. The van der Waals surface area contributed by atoms with Crippen molar-refractivity contribution >= 4 is 11.3 Å². The summed E-state index contributed by atoms with van der Waals surface area (Å²) < 4.78 is 5.66. The minimum absolute atomic E-state index is 0.448. The quantitative estimate of drug-likeness (QED) is 0.878. The fraction of sp³-hybridized carbons (Fsp3) is 0.750. The molecule has 0 radical (unpaired) electrons. The molecule has 2 heterocycles. The standard InChI is InChI=1S/C12H20N2OS/c1-3-11-6-10(4-5-15-11)13-8-12-14-7-9(2)16-12/h7,10-11,13H,3-6,8H2,1-2H3. The number of hydrogen-bond acceptors (Lipinski definition) is 4. The van der Waals surface area contributed by atoms with E-state index in [9.17, 15) is 0 Å². The van der Waals surface area contributed by atoms with Crippen molar-refractivity contribution in [3.05, 3.63) is 16.1 Å². The van der Waals surface area contributed by atoms with Crippen molar-refractivity contribution in [3.63, 3.8) is 0 Å². The van der Waals surface area contributed by atoms with Crippen LogP contribution in [0.3, 0.4) is 0 Å². The Labute approximate surface area is 101 Å². The fourth-order valence-electron chi connectivity index (χ4n) is 2.06. The molecular formula is C12H20N2OS. The summed E-state index contributed by atoms with van der Waals surface area (Å²) in [6.45, 7) is 6.09. The number of rotatable bonds is 4. The molecule has 90 valence electrons. The van der Waals surface area contributed by atoms with Crippen LogP contribution in [0.5, 0.6) is 0 Å². The smallest absolute Gasteiger partial charge is 0.107 e. The average Bonchev–Trinajstić information content (AvgIpc) is 2.73. The van der Waals surface area contributed by atoms with Crippen molar-refractivity contribution in [2.75, 3.05) is 6.61 Å². The number of nitrogens with zero attached hydrogens (tertiary/aromatic N) is 1. The lowest BCUT2D eigenvalue weighted by atomic mass is 10.0. The Morgan fingerprint density at radius 1 is 1.62 bits per heavy atom. The van der Waals surface area contributed by atoms with Crippen LogP contribution in [-0.2, 0) is 11.3 Å². The fourth-order valence-corrected chi connectivity index (χ4v) is 2.80. The van der Waals surface area contributed by atoms with Crippen LogP contribution in [0.1, 0.15) is 36.1 Å². The predicted molar refractivity (Wildman–Crippen MR) is 66.7 cm³/mol. The van der Waals surface area contributed by atoms with Gasteiger partial charge in [0, 0.05) is 30.3 Å². The SMILES string of the molecule is CCC1CC(NCc2ncc(C)s2)CCO1. The van der Waals surface area contributed by atoms with Gasteiger partial charge in [-0.3, -0.25) is 0 Å². The summed E-state index contributed by atoms with van der Waals surface area (Å²) in [6, 6.07) is 0.600. The Bertz CT molecular complexity index is 327. The van der Waals surface area contributed by atoms with Crippen LogP contribution in [0.15, 0.2) is 6.20 Å². The predicted octanol–water partition coefficient (Wildman–Crippen LogP) is 2.50. The van der Waals surface area contributed by atoms with Crippen molar-refractivity contribution in [2.45, 2.75) is 51.8 Å². The molecule has 1 aromatic rings. The molecule has 1 saturated heterocycles. The molecule has 1 N–H and O–H groups in total. The van der Waals surface area contributed by atoms with Gasteiger partial charge in [0.1, 0.15) is 5.01 Å². The first-order valence-electron chi connectivity index (χ1n) is 6.04. The molecule has 0 spiro atoms. The number of nitrogens with one attached hydrogen (secondary N) is 1. The van der Waals surface area contributed by atoms with Crippen LogP contribution in [0.2, 0.25) is 0 Å². The third-order valence-corrected chi connectivity index (χ3v) is 3.95. The van der Waals surface area contributed by atoms with E-state index in [1.165, 1.54) is 9.88 Å². The Morgan fingerprint density at radius 2 is 2.50 bits per heavy atom. The lowest BCUT2D eigenvalue weighted by Crippen LogP contribution is -2.38. The molecule has 3 nitrogen and oxygen atoms in total.